The third-order valence-electron chi connectivity index (χ3n) is 8.73. The topological polar surface area (TPSA) is 0 Å². The molecule has 0 heterocycles. The molecule has 0 spiro atoms. The van der Waals surface area contributed by atoms with Crippen molar-refractivity contribution in [3.05, 3.63) is 82.9 Å². The van der Waals surface area contributed by atoms with Crippen LogP contribution in [0, 0.1) is 0 Å². The van der Waals surface area contributed by atoms with Crippen molar-refractivity contribution in [2.75, 3.05) is 0 Å². The molecule has 2 atom stereocenters. The van der Waals surface area contributed by atoms with E-state index in [0.717, 1.165) is 7.25 Å². The Morgan fingerprint density at radius 2 is 0.931 bits per heavy atom. The maximum Gasteiger partial charge on any atom is -1.00 e. The van der Waals surface area contributed by atoms with Crippen LogP contribution in [0.1, 0.15) is 29.5 Å². The summed E-state index contributed by atoms with van der Waals surface area (Å²) in [4.78, 5) is 0. The van der Waals surface area contributed by atoms with Crippen molar-refractivity contribution in [1.29, 1.82) is 0 Å². The zero-order valence-corrected chi connectivity index (χ0v) is 26.2. The van der Waals surface area contributed by atoms with Gasteiger partial charge in [-0.2, -0.15) is 0 Å². The first kappa shape index (κ1) is 25.5. The Morgan fingerprint density at radius 1 is 0.586 bits per heavy atom. The van der Waals surface area contributed by atoms with E-state index in [0.29, 0.717) is 24.6 Å². The average molecular weight is 569 g/mol. The predicted molar refractivity (Wildman–Crippen MR) is 128 cm³/mol. The van der Waals surface area contributed by atoms with Crippen LogP contribution in [-0.2, 0) is 11.8 Å². The standard InChI is InChI=1S/2C9H7.4CH4Si.2ClH.Zr/c2*1-2-5-9-7-3-6-8(9)4-1;4*1-2;;;/h2*1-7H;4*2H,1H3;2*1H;/q;;;;;;;;+2/p-2. The number of hydrogen-bond donors (Lipinski definition) is 0. The van der Waals surface area contributed by atoms with Gasteiger partial charge in [0.25, 0.3) is 0 Å². The van der Waals surface area contributed by atoms with E-state index >= 15 is 0 Å². The Hall–Kier alpha value is 0.251. The van der Waals surface area contributed by atoms with E-state index in [4.69, 9.17) is 0 Å². The van der Waals surface area contributed by atoms with Crippen LogP contribution < -0.4 is 24.8 Å². The summed E-state index contributed by atoms with van der Waals surface area (Å²) in [6.07, 6.45) is 12.5. The van der Waals surface area contributed by atoms with Crippen LogP contribution >= 0.6 is 0 Å². The Balaban J connectivity index is 0.00000150. The van der Waals surface area contributed by atoms with E-state index in [9.17, 15) is 0 Å². The summed E-state index contributed by atoms with van der Waals surface area (Å²) in [5.41, 5.74) is 6.41. The first-order valence-electron chi connectivity index (χ1n) is 10.2. The number of rotatable bonds is 2. The van der Waals surface area contributed by atoms with Gasteiger partial charge in [0.1, 0.15) is 0 Å². The first-order valence-corrected chi connectivity index (χ1v) is 37.0. The van der Waals surface area contributed by atoms with Crippen LogP contribution in [0.3, 0.4) is 0 Å². The van der Waals surface area contributed by atoms with Crippen molar-refractivity contribution in [3.8, 4) is 0 Å². The maximum absolute atomic E-state index is 3.59. The summed E-state index contributed by atoms with van der Waals surface area (Å²) >= 11 is -3.59. The maximum atomic E-state index is 2.71. The molecule has 2 aromatic rings. The molecule has 4 rings (SSSR count). The molecule has 0 fully saturated rings. The van der Waals surface area contributed by atoms with Gasteiger partial charge >= 0.3 is 165 Å². The summed E-state index contributed by atoms with van der Waals surface area (Å²) in [5.74, 6) is 0. The molecule has 0 saturated carbocycles. The second-order valence-electron chi connectivity index (χ2n) is 8.59. The number of hydrogen-bond acceptors (Lipinski definition) is 0. The van der Waals surface area contributed by atoms with Crippen molar-refractivity contribution in [1.82, 2.24) is 0 Å². The van der Waals surface area contributed by atoms with Gasteiger partial charge in [-0.1, -0.05) is 0 Å². The van der Waals surface area contributed by atoms with Crippen LogP contribution in [0.25, 0.3) is 12.2 Å². The quantitative estimate of drug-likeness (QED) is 0.381. The molecular formula is C22H30Cl2Si4Zr. The van der Waals surface area contributed by atoms with Gasteiger partial charge in [-0.3, -0.25) is 0 Å². The monoisotopic (exact) mass is 566 g/mol. The summed E-state index contributed by atoms with van der Waals surface area (Å²) in [6.45, 7) is 10.7. The fourth-order valence-electron chi connectivity index (χ4n) is 6.58. The summed E-state index contributed by atoms with van der Waals surface area (Å²) in [6, 6.07) is 18.7. The predicted octanol–water partition coefficient (Wildman–Crippen LogP) is -1.65. The number of fused-ring (bicyclic) bond motifs is 2. The molecular weight excluding hydrogens is 539 g/mol. The number of benzene rings is 2. The summed E-state index contributed by atoms with van der Waals surface area (Å²) < 4.78 is 1.56. The van der Waals surface area contributed by atoms with Crippen molar-refractivity contribution in [2.24, 2.45) is 0 Å². The SMILES string of the molecule is C[SiH]=[Zr+2](=[SiH]C)(=[SiH]C)(=[SiH]C)([CH]1C=Cc2ccccc21)[CH]1C=Cc2ccccc21.[Cl-].[Cl-]. The average Bonchev–Trinajstić information content (AvgIpc) is 3.38. The molecule has 0 nitrogen and oxygen atoms in total. The minimum Gasteiger partial charge on any atom is -1.00 e. The van der Waals surface area contributed by atoms with Gasteiger partial charge in [-0.25, -0.2) is 0 Å². The Labute approximate surface area is 188 Å². The molecule has 2 aliphatic rings. The second-order valence-corrected chi connectivity index (χ2v) is 106. The molecule has 0 saturated heterocycles. The van der Waals surface area contributed by atoms with Crippen LogP contribution in [0.4, 0.5) is 0 Å². The Kier molecular flexibility index (Phi) is 7.61. The zero-order valence-electron chi connectivity index (χ0n) is 17.6. The third-order valence-corrected chi connectivity index (χ3v) is 164. The summed E-state index contributed by atoms with van der Waals surface area (Å²) in [7, 11) is 0. The van der Waals surface area contributed by atoms with E-state index in [1.54, 1.807) is 11.1 Å². The largest absolute Gasteiger partial charge is 1.00 e. The molecule has 29 heavy (non-hydrogen) atoms. The minimum absolute atomic E-state index is 0. The molecule has 2 unspecified atom stereocenters. The first-order chi connectivity index (χ1) is 13.1. The van der Waals surface area contributed by atoms with Crippen molar-refractivity contribution < 1.29 is 36.6 Å². The Morgan fingerprint density at radius 3 is 1.28 bits per heavy atom. The van der Waals surface area contributed by atoms with Gasteiger partial charge in [0.05, 0.1) is 0 Å². The van der Waals surface area contributed by atoms with Crippen LogP contribution in [0.2, 0.25) is 26.2 Å². The fraction of sp³-hybridized carbons (Fsp3) is 0.273. The van der Waals surface area contributed by atoms with Gasteiger partial charge in [0.2, 0.25) is 0 Å². The van der Waals surface area contributed by atoms with E-state index in [1.165, 1.54) is 11.1 Å². The van der Waals surface area contributed by atoms with E-state index in [-0.39, 0.29) is 24.8 Å². The van der Waals surface area contributed by atoms with Gasteiger partial charge in [0, 0.05) is 0 Å². The van der Waals surface area contributed by atoms with Gasteiger partial charge in [-0.05, 0) is 0 Å². The second kappa shape index (κ2) is 8.65. The molecule has 0 amide bonds. The molecule has 152 valence electrons. The van der Waals surface area contributed by atoms with Crippen LogP contribution in [0.5, 0.6) is 0 Å². The van der Waals surface area contributed by atoms with Crippen molar-refractivity contribution in [3.63, 3.8) is 0 Å². The van der Waals surface area contributed by atoms with E-state index in [2.05, 4.69) is 99.0 Å². The van der Waals surface area contributed by atoms with Crippen LogP contribution in [-0.4, -0.2) is 24.6 Å². The molecule has 7 heteroatoms. The van der Waals surface area contributed by atoms with Gasteiger partial charge in [-0.15, -0.1) is 0 Å². The zero-order chi connectivity index (χ0) is 19.2. The van der Waals surface area contributed by atoms with E-state index < -0.39 is 11.8 Å². The smallest absolute Gasteiger partial charge is 1.00 e. The van der Waals surface area contributed by atoms with E-state index in [1.807, 2.05) is 0 Å². The minimum atomic E-state index is -3.59. The molecule has 2 aromatic carbocycles. The number of allylic oxidation sites excluding steroid dienone is 2. The molecule has 0 aliphatic heterocycles. The van der Waals surface area contributed by atoms with Crippen LogP contribution in [0.15, 0.2) is 60.7 Å². The molecule has 0 bridgehead atoms. The molecule has 0 aromatic heterocycles. The molecule has 0 N–H and O–H groups in total. The Bertz CT molecular complexity index is 1260. The molecule has 2 aliphatic carbocycles. The normalized spacial score (nSPS) is 17.1. The number of halogens is 2. The molecule has 0 radical (unpaired) electrons. The summed E-state index contributed by atoms with van der Waals surface area (Å²) in [5, 5.41) is 0. The van der Waals surface area contributed by atoms with Gasteiger partial charge in [0.15, 0.2) is 0 Å². The third kappa shape index (κ3) is 3.02. The van der Waals surface area contributed by atoms with Gasteiger partial charge < -0.3 is 24.8 Å². The van der Waals surface area contributed by atoms with Crippen molar-refractivity contribution >= 4 is 36.8 Å². The fourth-order valence-corrected chi connectivity index (χ4v) is 107. The van der Waals surface area contributed by atoms with Crippen molar-refractivity contribution in [2.45, 2.75) is 33.4 Å².